The Balaban J connectivity index is 2.65. The number of nitrogens with zero attached hydrogens (tertiary/aromatic N) is 1. The first-order valence-corrected chi connectivity index (χ1v) is 6.15. The second kappa shape index (κ2) is 7.08. The lowest BCUT2D eigenvalue weighted by molar-refractivity contribution is -0.136. The minimum Gasteiger partial charge on any atom is -0.481 e. The summed E-state index contributed by atoms with van der Waals surface area (Å²) in [5, 5.41) is 8.85. The number of benzene rings is 1. The van der Waals surface area contributed by atoms with E-state index in [1.165, 1.54) is 0 Å². The number of aliphatic carboxylic acids is 1. The van der Waals surface area contributed by atoms with Crippen molar-refractivity contribution in [3.8, 4) is 0 Å². The zero-order chi connectivity index (χ0) is 13.5. The Bertz CT molecular complexity index is 435. The molecule has 0 radical (unpaired) electrons. The molecule has 18 heavy (non-hydrogen) atoms. The van der Waals surface area contributed by atoms with E-state index in [9.17, 15) is 4.79 Å². The predicted octanol–water partition coefficient (Wildman–Crippen LogP) is 1.42. The van der Waals surface area contributed by atoms with E-state index in [0.29, 0.717) is 18.0 Å². The summed E-state index contributed by atoms with van der Waals surface area (Å²) < 4.78 is 0. The number of hydrogen-bond donors (Lipinski definition) is 2. The van der Waals surface area contributed by atoms with Gasteiger partial charge in [0.15, 0.2) is 0 Å². The molecule has 0 saturated heterocycles. The maximum atomic E-state index is 10.8. The molecule has 0 saturated carbocycles. The van der Waals surface area contributed by atoms with Crippen molar-refractivity contribution in [2.75, 3.05) is 13.6 Å². The van der Waals surface area contributed by atoms with Crippen molar-refractivity contribution in [1.82, 2.24) is 4.90 Å². The van der Waals surface area contributed by atoms with E-state index in [4.69, 9.17) is 23.1 Å². The number of nitrogens with two attached hydrogens (primary N) is 1. The molecule has 0 fully saturated rings. The van der Waals surface area contributed by atoms with Crippen molar-refractivity contribution >= 4 is 23.2 Å². The molecule has 4 nitrogen and oxygen atoms in total. The molecule has 0 spiro atoms. The molecule has 3 N–H and O–H groups in total. The first kappa shape index (κ1) is 14.6. The van der Waals surface area contributed by atoms with Crippen molar-refractivity contribution in [2.45, 2.75) is 19.4 Å². The zero-order valence-corrected chi connectivity index (χ0v) is 11.2. The third-order valence-electron chi connectivity index (χ3n) is 2.64. The summed E-state index contributed by atoms with van der Waals surface area (Å²) in [5.74, 6) is -0.812. The van der Waals surface area contributed by atoms with E-state index in [0.717, 1.165) is 17.7 Å². The Morgan fingerprint density at radius 3 is 2.56 bits per heavy atom. The summed E-state index contributed by atoms with van der Waals surface area (Å²) in [7, 11) is 1.97. The molecule has 0 aliphatic heterocycles. The number of carboxylic acid groups (broad SMARTS) is 1. The molecular weight excluding hydrogens is 248 g/mol. The molecule has 0 unspecified atom stereocenters. The van der Waals surface area contributed by atoms with E-state index >= 15 is 0 Å². The number of carbonyl (C=O) groups is 1. The summed E-state index contributed by atoms with van der Waals surface area (Å²) in [5.41, 5.74) is 7.34. The Labute approximate surface area is 112 Å². The van der Waals surface area contributed by atoms with Crippen LogP contribution in [-0.4, -0.2) is 34.6 Å². The molecule has 0 heterocycles. The van der Waals surface area contributed by atoms with Crippen molar-refractivity contribution < 1.29 is 9.90 Å². The molecule has 1 aromatic rings. The molecule has 1 rings (SSSR count). The average Bonchev–Trinajstić information content (AvgIpc) is 2.28. The lowest BCUT2D eigenvalue weighted by atomic mass is 10.0. The number of rotatable bonds is 7. The van der Waals surface area contributed by atoms with Crippen LogP contribution in [0.2, 0.25) is 0 Å². The van der Waals surface area contributed by atoms with E-state index in [2.05, 4.69) is 4.90 Å². The van der Waals surface area contributed by atoms with E-state index in [1.807, 2.05) is 31.3 Å². The van der Waals surface area contributed by atoms with Crippen LogP contribution < -0.4 is 5.73 Å². The average molecular weight is 266 g/mol. The molecule has 1 aromatic carbocycles. The van der Waals surface area contributed by atoms with Crippen molar-refractivity contribution in [3.05, 3.63) is 35.4 Å². The summed E-state index contributed by atoms with van der Waals surface area (Å²) in [4.78, 5) is 13.4. The van der Waals surface area contributed by atoms with Gasteiger partial charge in [0.2, 0.25) is 0 Å². The van der Waals surface area contributed by atoms with Crippen LogP contribution in [0.3, 0.4) is 0 Å². The van der Waals surface area contributed by atoms with Gasteiger partial charge in [-0.2, -0.15) is 0 Å². The highest BCUT2D eigenvalue weighted by Crippen LogP contribution is 2.12. The first-order valence-electron chi connectivity index (χ1n) is 5.74. The van der Waals surface area contributed by atoms with Gasteiger partial charge in [-0.25, -0.2) is 0 Å². The number of hydrogen-bond acceptors (Lipinski definition) is 3. The zero-order valence-electron chi connectivity index (χ0n) is 10.4. The molecular formula is C13H18N2O2S. The van der Waals surface area contributed by atoms with Gasteiger partial charge in [0.1, 0.15) is 0 Å². The van der Waals surface area contributed by atoms with Gasteiger partial charge >= 0.3 is 5.97 Å². The van der Waals surface area contributed by atoms with Crippen LogP contribution in [0.15, 0.2) is 24.3 Å². The number of thiocarbonyl (C=S) groups is 1. The van der Waals surface area contributed by atoms with E-state index in [-0.39, 0.29) is 6.42 Å². The largest absolute Gasteiger partial charge is 0.481 e. The van der Waals surface area contributed by atoms with Crippen LogP contribution in [-0.2, 0) is 17.8 Å². The van der Waals surface area contributed by atoms with Gasteiger partial charge in [-0.15, -0.1) is 0 Å². The normalized spacial score (nSPS) is 10.6. The van der Waals surface area contributed by atoms with Crippen LogP contribution in [0.4, 0.5) is 0 Å². The molecule has 98 valence electrons. The predicted molar refractivity (Wildman–Crippen MR) is 75.5 cm³/mol. The minimum absolute atomic E-state index is 0.0549. The molecule has 0 aliphatic carbocycles. The lowest BCUT2D eigenvalue weighted by Gasteiger charge is -2.18. The Hall–Kier alpha value is -1.46. The minimum atomic E-state index is -0.812. The highest BCUT2D eigenvalue weighted by atomic mass is 32.1. The van der Waals surface area contributed by atoms with Crippen molar-refractivity contribution in [2.24, 2.45) is 5.73 Å². The maximum absolute atomic E-state index is 10.8. The van der Waals surface area contributed by atoms with Gasteiger partial charge in [-0.3, -0.25) is 4.79 Å². The monoisotopic (exact) mass is 266 g/mol. The number of carboxylic acids is 1. The van der Waals surface area contributed by atoms with E-state index < -0.39 is 5.97 Å². The third-order valence-corrected chi connectivity index (χ3v) is 2.84. The van der Waals surface area contributed by atoms with Crippen LogP contribution in [0, 0.1) is 0 Å². The highest BCUT2D eigenvalue weighted by Gasteiger charge is 2.08. The highest BCUT2D eigenvalue weighted by molar-refractivity contribution is 7.80. The van der Waals surface area contributed by atoms with Gasteiger partial charge in [0.25, 0.3) is 0 Å². The second-order valence-electron chi connectivity index (χ2n) is 4.29. The van der Waals surface area contributed by atoms with Crippen LogP contribution in [0.5, 0.6) is 0 Å². The van der Waals surface area contributed by atoms with Gasteiger partial charge < -0.3 is 15.7 Å². The summed E-state index contributed by atoms with van der Waals surface area (Å²) in [6, 6.07) is 7.58. The first-order chi connectivity index (χ1) is 8.49. The molecule has 0 bridgehead atoms. The van der Waals surface area contributed by atoms with E-state index in [1.54, 1.807) is 0 Å². The Morgan fingerprint density at radius 2 is 2.00 bits per heavy atom. The fraction of sp³-hybridized carbons (Fsp3) is 0.385. The lowest BCUT2D eigenvalue weighted by Crippen LogP contribution is -2.24. The fourth-order valence-electron chi connectivity index (χ4n) is 1.72. The van der Waals surface area contributed by atoms with Gasteiger partial charge in [0, 0.05) is 19.5 Å². The molecule has 0 aliphatic rings. The SMILES string of the molecule is CN(CCC(N)=S)Cc1ccccc1CC(=O)O. The molecule has 0 aromatic heterocycles. The third kappa shape index (κ3) is 5.25. The Kier molecular flexibility index (Phi) is 5.74. The van der Waals surface area contributed by atoms with Gasteiger partial charge in [-0.1, -0.05) is 36.5 Å². The van der Waals surface area contributed by atoms with Gasteiger partial charge in [-0.05, 0) is 18.2 Å². The van der Waals surface area contributed by atoms with Crippen LogP contribution in [0.25, 0.3) is 0 Å². The summed E-state index contributed by atoms with van der Waals surface area (Å²) >= 11 is 4.83. The second-order valence-corrected chi connectivity index (χ2v) is 4.82. The van der Waals surface area contributed by atoms with Crippen molar-refractivity contribution in [3.63, 3.8) is 0 Å². The smallest absolute Gasteiger partial charge is 0.307 e. The van der Waals surface area contributed by atoms with Crippen molar-refractivity contribution in [1.29, 1.82) is 0 Å². The Morgan fingerprint density at radius 1 is 1.39 bits per heavy atom. The molecule has 0 amide bonds. The topological polar surface area (TPSA) is 66.6 Å². The maximum Gasteiger partial charge on any atom is 0.307 e. The quantitative estimate of drug-likeness (QED) is 0.731. The molecule has 0 atom stereocenters. The summed E-state index contributed by atoms with van der Waals surface area (Å²) in [6.45, 7) is 1.48. The van der Waals surface area contributed by atoms with Gasteiger partial charge in [0.05, 0.1) is 11.4 Å². The summed E-state index contributed by atoms with van der Waals surface area (Å²) in [6.07, 6.45) is 0.728. The van der Waals surface area contributed by atoms with Crippen LogP contribution >= 0.6 is 12.2 Å². The molecule has 5 heteroatoms. The van der Waals surface area contributed by atoms with Crippen LogP contribution in [0.1, 0.15) is 17.5 Å². The fourth-order valence-corrected chi connectivity index (χ4v) is 1.81. The standard InChI is InChI=1S/C13H18N2O2S/c1-15(7-6-12(14)18)9-11-5-3-2-4-10(11)8-13(16)17/h2-5H,6-9H2,1H3,(H2,14,18)(H,16,17).